The molecule has 1 fully saturated rings. The summed E-state index contributed by atoms with van der Waals surface area (Å²) in [4.78, 5) is 18.1. The van der Waals surface area contributed by atoms with Gasteiger partial charge < -0.3 is 34.9 Å². The minimum Gasteiger partial charge on any atom is -0.493 e. The number of nitrogens with one attached hydrogen (secondary N) is 1. The fourth-order valence-corrected chi connectivity index (χ4v) is 6.22. The fourth-order valence-electron chi connectivity index (χ4n) is 6.22. The van der Waals surface area contributed by atoms with Crippen LogP contribution in [0.1, 0.15) is 30.2 Å². The first-order valence-electron chi connectivity index (χ1n) is 16.2. The highest BCUT2D eigenvalue weighted by atomic mass is 19.1. The minimum absolute atomic E-state index is 0.0591. The maximum Gasteiger partial charge on any atom is 0.197 e. The molecule has 0 radical (unpaired) electrons. The predicted octanol–water partition coefficient (Wildman–Crippen LogP) is 6.71. The number of aliphatic hydroxyl groups is 1. The van der Waals surface area contributed by atoms with Crippen LogP contribution in [0.3, 0.4) is 0 Å². The van der Waals surface area contributed by atoms with Crippen LogP contribution in [-0.4, -0.2) is 42.1 Å². The third kappa shape index (κ3) is 7.03. The molecule has 3 aromatic carbocycles. The molecule has 0 spiro atoms. The molecule has 0 amide bonds. The number of ether oxygens (including phenoxy) is 3. The molecule has 1 aliphatic heterocycles. The zero-order valence-corrected chi connectivity index (χ0v) is 28.1. The Labute approximate surface area is 289 Å². The second kappa shape index (κ2) is 14.4. The molecule has 10 nitrogen and oxygen atoms in total. The molecule has 5 aromatic rings. The highest BCUT2D eigenvalue weighted by Gasteiger charge is 2.33. The first-order valence-corrected chi connectivity index (χ1v) is 16.2. The molecular weight excluding hydrogens is 637 g/mol. The van der Waals surface area contributed by atoms with Crippen molar-refractivity contribution >= 4 is 11.5 Å². The van der Waals surface area contributed by atoms with Gasteiger partial charge in [-0.2, -0.15) is 5.26 Å². The van der Waals surface area contributed by atoms with E-state index in [2.05, 4.69) is 16.4 Å². The number of pyridine rings is 2. The van der Waals surface area contributed by atoms with E-state index in [9.17, 15) is 15.2 Å². The molecule has 11 heteroatoms. The van der Waals surface area contributed by atoms with Gasteiger partial charge in [0, 0.05) is 66.3 Å². The maximum absolute atomic E-state index is 15.8. The molecule has 4 N–H and O–H groups in total. The zero-order chi connectivity index (χ0) is 35.4. The minimum atomic E-state index is -1.49. The number of aromatic nitrogens is 2. The Balaban J connectivity index is 1.31. The van der Waals surface area contributed by atoms with Crippen LogP contribution in [0.25, 0.3) is 33.4 Å². The zero-order valence-electron chi connectivity index (χ0n) is 28.1. The summed E-state index contributed by atoms with van der Waals surface area (Å²) in [6.45, 7) is 3.21. The smallest absolute Gasteiger partial charge is 0.197 e. The van der Waals surface area contributed by atoms with Gasteiger partial charge in [-0.15, -0.1) is 0 Å². The van der Waals surface area contributed by atoms with Gasteiger partial charge in [0.25, 0.3) is 0 Å². The monoisotopic (exact) mass is 675 g/mol. The first-order chi connectivity index (χ1) is 24.1. The van der Waals surface area contributed by atoms with Crippen molar-refractivity contribution in [1.82, 2.24) is 9.55 Å². The Morgan fingerprint density at radius 2 is 1.70 bits per heavy atom. The Morgan fingerprint density at radius 3 is 2.38 bits per heavy atom. The molecule has 1 atom stereocenters. The van der Waals surface area contributed by atoms with Gasteiger partial charge in [0.15, 0.2) is 23.2 Å². The summed E-state index contributed by atoms with van der Waals surface area (Å²) in [5, 5.41) is 24.4. The van der Waals surface area contributed by atoms with Crippen molar-refractivity contribution in [3.05, 3.63) is 112 Å². The Hall–Kier alpha value is -5.70. The average molecular weight is 676 g/mol. The fraction of sp³-hybridized carbons (Fsp3) is 0.256. The first kappa shape index (κ1) is 34.2. The van der Waals surface area contributed by atoms with Gasteiger partial charge in [-0.05, 0) is 67.3 Å². The van der Waals surface area contributed by atoms with Crippen LogP contribution < -0.4 is 26.0 Å². The van der Waals surface area contributed by atoms with Crippen LogP contribution in [0, 0.1) is 29.5 Å². The number of aliphatic hydroxyl groups excluding tert-OH is 1. The number of nitrogen functional groups attached to an aromatic ring is 1. The van der Waals surface area contributed by atoms with Crippen molar-refractivity contribution < 1.29 is 23.7 Å². The number of nitrogens with two attached hydrogens (primary N) is 1. The summed E-state index contributed by atoms with van der Waals surface area (Å²) < 4.78 is 33.8. The van der Waals surface area contributed by atoms with Crippen LogP contribution in [0.5, 0.6) is 11.5 Å². The molecule has 1 unspecified atom stereocenters. The van der Waals surface area contributed by atoms with Gasteiger partial charge in [0.2, 0.25) is 0 Å². The van der Waals surface area contributed by atoms with Crippen LogP contribution in [0.2, 0.25) is 0 Å². The van der Waals surface area contributed by atoms with E-state index in [4.69, 9.17) is 19.9 Å². The standard InChI is InChI=1S/C39H38FN5O5/c1-24-4-6-25(7-5-24)31-20-45(23-39(22-41)12-14-50-15-13-39)21-32(36(31)46)38(47)44-28-9-10-29(33(40)18-28)30-16-27(19-43-37(30)42)26-8-11-34(48-2)35(17-26)49-3/h4-11,16-21,38,44,47H,12-15,23H2,1-3H3,(H2,42,43). The summed E-state index contributed by atoms with van der Waals surface area (Å²) in [5.41, 5.74) is 9.59. The molecule has 6 rings (SSSR count). The maximum atomic E-state index is 15.8. The summed E-state index contributed by atoms with van der Waals surface area (Å²) >= 11 is 0. The molecule has 3 heterocycles. The van der Waals surface area contributed by atoms with E-state index in [-0.39, 0.29) is 28.1 Å². The molecule has 1 saturated heterocycles. The summed E-state index contributed by atoms with van der Waals surface area (Å²) in [6, 6.07) is 21.5. The van der Waals surface area contributed by atoms with Gasteiger partial charge in [-0.25, -0.2) is 9.37 Å². The van der Waals surface area contributed by atoms with Crippen LogP contribution in [0.15, 0.2) is 90.1 Å². The van der Waals surface area contributed by atoms with E-state index in [0.29, 0.717) is 66.4 Å². The molecular formula is C39H38FN5O5. The van der Waals surface area contributed by atoms with Crippen molar-refractivity contribution in [2.24, 2.45) is 5.41 Å². The van der Waals surface area contributed by atoms with Crippen LogP contribution in [0.4, 0.5) is 15.9 Å². The quantitative estimate of drug-likeness (QED) is 0.138. The molecule has 0 bridgehead atoms. The van der Waals surface area contributed by atoms with Crippen molar-refractivity contribution in [3.63, 3.8) is 0 Å². The second-order valence-corrected chi connectivity index (χ2v) is 12.5. The summed E-state index contributed by atoms with van der Waals surface area (Å²) in [5.74, 6) is 0.638. The number of hydrogen-bond donors (Lipinski definition) is 3. The van der Waals surface area contributed by atoms with E-state index >= 15 is 4.39 Å². The number of methoxy groups -OCH3 is 2. The molecule has 2 aromatic heterocycles. The van der Waals surface area contributed by atoms with Gasteiger partial charge >= 0.3 is 0 Å². The topological polar surface area (TPSA) is 145 Å². The Morgan fingerprint density at radius 1 is 0.980 bits per heavy atom. The molecule has 256 valence electrons. The van der Waals surface area contributed by atoms with E-state index in [1.54, 1.807) is 67.7 Å². The lowest BCUT2D eigenvalue weighted by Gasteiger charge is -2.32. The Kier molecular flexibility index (Phi) is 9.86. The van der Waals surface area contributed by atoms with Crippen molar-refractivity contribution in [2.45, 2.75) is 32.5 Å². The number of aryl methyl sites for hydroxylation is 1. The third-order valence-corrected chi connectivity index (χ3v) is 9.13. The lowest BCUT2D eigenvalue weighted by molar-refractivity contribution is 0.0331. The third-order valence-electron chi connectivity index (χ3n) is 9.13. The highest BCUT2D eigenvalue weighted by molar-refractivity contribution is 5.81. The van der Waals surface area contributed by atoms with Crippen LogP contribution >= 0.6 is 0 Å². The number of nitrogens with zero attached hydrogens (tertiary/aromatic N) is 3. The van der Waals surface area contributed by atoms with Crippen molar-refractivity contribution in [1.29, 1.82) is 5.26 Å². The SMILES string of the molecule is COc1ccc(-c2cnc(N)c(-c3ccc(NC(O)c4cn(CC5(C#N)CCOCC5)cc(-c5ccc(C)cc5)c4=O)cc3F)c2)cc1OC. The lowest BCUT2D eigenvalue weighted by Crippen LogP contribution is -2.33. The van der Waals surface area contributed by atoms with Crippen molar-refractivity contribution in [2.75, 3.05) is 38.5 Å². The lowest BCUT2D eigenvalue weighted by atomic mass is 9.81. The molecule has 50 heavy (non-hydrogen) atoms. The van der Waals surface area contributed by atoms with Gasteiger partial charge in [0.1, 0.15) is 11.6 Å². The second-order valence-electron chi connectivity index (χ2n) is 12.5. The van der Waals surface area contributed by atoms with Gasteiger partial charge in [-0.3, -0.25) is 4.79 Å². The summed E-state index contributed by atoms with van der Waals surface area (Å²) in [7, 11) is 3.10. The molecule has 0 saturated carbocycles. The van der Waals surface area contributed by atoms with E-state index in [1.807, 2.05) is 37.3 Å². The van der Waals surface area contributed by atoms with Crippen LogP contribution in [-0.2, 0) is 11.3 Å². The number of hydrogen-bond acceptors (Lipinski definition) is 9. The van der Waals surface area contributed by atoms with E-state index in [0.717, 1.165) is 11.1 Å². The number of benzene rings is 3. The number of rotatable bonds is 10. The van der Waals surface area contributed by atoms with Gasteiger partial charge in [0.05, 0.1) is 31.3 Å². The number of nitriles is 1. The van der Waals surface area contributed by atoms with E-state index in [1.165, 1.54) is 6.07 Å². The normalized spacial score (nSPS) is 14.4. The predicted molar refractivity (Wildman–Crippen MR) is 190 cm³/mol. The van der Waals surface area contributed by atoms with Crippen molar-refractivity contribution in [3.8, 4) is 50.9 Å². The summed E-state index contributed by atoms with van der Waals surface area (Å²) in [6.07, 6.45) is 4.49. The number of halogens is 1. The molecule has 0 aliphatic carbocycles. The van der Waals surface area contributed by atoms with Gasteiger partial charge in [-0.1, -0.05) is 35.9 Å². The molecule has 1 aliphatic rings. The number of anilines is 2. The largest absolute Gasteiger partial charge is 0.493 e. The Bertz CT molecular complexity index is 2120. The van der Waals surface area contributed by atoms with E-state index < -0.39 is 17.5 Å². The average Bonchev–Trinajstić information content (AvgIpc) is 3.13. The highest BCUT2D eigenvalue weighted by Crippen LogP contribution is 2.37.